The maximum absolute atomic E-state index is 9.89. The van der Waals surface area contributed by atoms with Crippen LogP contribution >= 0.6 is 0 Å². The smallest absolute Gasteiger partial charge is 0.227 e. The van der Waals surface area contributed by atoms with Gasteiger partial charge >= 0.3 is 0 Å². The highest BCUT2D eigenvalue weighted by atomic mass is 16.3. The molecule has 4 rings (SSSR count). The quantitative estimate of drug-likeness (QED) is 0.513. The SMILES string of the molecule is Cc1ncc(CO)cc1Nc1nccc(-c2cc(C#N)c3c(c2)[C@@](C)(CO)CN3)n1. The van der Waals surface area contributed by atoms with Crippen LogP contribution < -0.4 is 10.6 Å². The van der Waals surface area contributed by atoms with E-state index in [-0.39, 0.29) is 13.2 Å². The number of anilines is 3. The number of hydrogen-bond donors (Lipinski definition) is 4. The molecule has 3 aromatic rings. The largest absolute Gasteiger partial charge is 0.395 e. The first-order valence-electron chi connectivity index (χ1n) is 9.57. The van der Waals surface area contributed by atoms with Gasteiger partial charge in [0.25, 0.3) is 0 Å². The van der Waals surface area contributed by atoms with E-state index in [2.05, 4.69) is 31.7 Å². The number of aliphatic hydroxyl groups is 2. The number of benzene rings is 1. The molecule has 8 nitrogen and oxygen atoms in total. The molecule has 1 aromatic carbocycles. The number of aryl methyl sites for hydroxylation is 1. The lowest BCUT2D eigenvalue weighted by Crippen LogP contribution is -2.28. The van der Waals surface area contributed by atoms with Gasteiger partial charge in [0.1, 0.15) is 6.07 Å². The Balaban J connectivity index is 1.73. The lowest BCUT2D eigenvalue weighted by Gasteiger charge is -2.21. The molecule has 152 valence electrons. The molecule has 1 aliphatic rings. The van der Waals surface area contributed by atoms with Crippen molar-refractivity contribution in [2.24, 2.45) is 0 Å². The first-order chi connectivity index (χ1) is 14.5. The van der Waals surface area contributed by atoms with E-state index < -0.39 is 5.41 Å². The number of fused-ring (bicyclic) bond motifs is 1. The summed E-state index contributed by atoms with van der Waals surface area (Å²) in [7, 11) is 0. The second kappa shape index (κ2) is 7.71. The van der Waals surface area contributed by atoms with E-state index >= 15 is 0 Å². The fraction of sp³-hybridized carbons (Fsp3) is 0.273. The zero-order valence-electron chi connectivity index (χ0n) is 16.8. The number of rotatable bonds is 5. The van der Waals surface area contributed by atoms with E-state index in [9.17, 15) is 15.5 Å². The summed E-state index contributed by atoms with van der Waals surface area (Å²) >= 11 is 0. The van der Waals surface area contributed by atoms with E-state index in [1.165, 1.54) is 0 Å². The third-order valence-electron chi connectivity index (χ3n) is 5.44. The summed E-state index contributed by atoms with van der Waals surface area (Å²) in [4.78, 5) is 13.2. The van der Waals surface area contributed by atoms with E-state index in [1.54, 1.807) is 30.6 Å². The molecule has 8 heteroatoms. The predicted molar refractivity (Wildman–Crippen MR) is 113 cm³/mol. The van der Waals surface area contributed by atoms with Crippen LogP contribution in [0.25, 0.3) is 11.3 Å². The maximum Gasteiger partial charge on any atom is 0.227 e. The normalized spacial score (nSPS) is 17.2. The lowest BCUT2D eigenvalue weighted by atomic mass is 9.83. The van der Waals surface area contributed by atoms with Crippen LogP contribution in [0.2, 0.25) is 0 Å². The standard InChI is InChI=1S/C22H22N6O2/c1-13-19(5-14(10-29)9-25-13)28-21-24-4-3-18(27-21)15-6-16(8-23)20-17(7-15)22(2,12-30)11-26-20/h3-7,9,26,29-30H,10-12H2,1-2H3,(H,24,27,28)/t22-/m1/s1. The lowest BCUT2D eigenvalue weighted by molar-refractivity contribution is 0.219. The minimum atomic E-state index is -0.460. The van der Waals surface area contributed by atoms with Crippen molar-refractivity contribution < 1.29 is 10.2 Å². The summed E-state index contributed by atoms with van der Waals surface area (Å²) in [6.07, 6.45) is 3.27. The van der Waals surface area contributed by atoms with Gasteiger partial charge in [0.15, 0.2) is 0 Å². The molecule has 0 spiro atoms. The van der Waals surface area contributed by atoms with Crippen molar-refractivity contribution in [3.05, 3.63) is 59.0 Å². The number of nitrogens with zero attached hydrogens (tertiary/aromatic N) is 4. The fourth-order valence-corrected chi connectivity index (χ4v) is 3.55. The molecule has 0 saturated carbocycles. The molecule has 3 heterocycles. The fourth-order valence-electron chi connectivity index (χ4n) is 3.55. The highest BCUT2D eigenvalue weighted by Crippen LogP contribution is 2.41. The Labute approximate surface area is 174 Å². The van der Waals surface area contributed by atoms with Crippen molar-refractivity contribution in [3.8, 4) is 17.3 Å². The minimum absolute atomic E-state index is 0.0224. The first-order valence-corrected chi connectivity index (χ1v) is 9.57. The second-order valence-corrected chi connectivity index (χ2v) is 7.66. The van der Waals surface area contributed by atoms with Gasteiger partial charge in [-0.15, -0.1) is 0 Å². The number of hydrogen-bond acceptors (Lipinski definition) is 8. The average Bonchev–Trinajstić information content (AvgIpc) is 3.12. The topological polar surface area (TPSA) is 127 Å². The molecule has 2 aromatic heterocycles. The molecule has 0 radical (unpaired) electrons. The van der Waals surface area contributed by atoms with Gasteiger partial charge in [0.05, 0.1) is 41.5 Å². The number of nitrogens with one attached hydrogen (secondary N) is 2. The highest BCUT2D eigenvalue weighted by Gasteiger charge is 2.35. The number of nitriles is 1. The summed E-state index contributed by atoms with van der Waals surface area (Å²) in [5, 5.41) is 35.3. The third-order valence-corrected chi connectivity index (χ3v) is 5.44. The minimum Gasteiger partial charge on any atom is -0.395 e. The molecule has 0 aliphatic carbocycles. The van der Waals surface area contributed by atoms with Crippen molar-refractivity contribution in [2.45, 2.75) is 25.9 Å². The van der Waals surface area contributed by atoms with Crippen LogP contribution in [0.15, 0.2) is 36.7 Å². The molecule has 0 unspecified atom stereocenters. The Bertz CT molecular complexity index is 1160. The van der Waals surface area contributed by atoms with Gasteiger partial charge in [-0.2, -0.15) is 5.26 Å². The molecule has 0 saturated heterocycles. The predicted octanol–water partition coefficient (Wildman–Crippen LogP) is 2.63. The van der Waals surface area contributed by atoms with Crippen LogP contribution in [0.1, 0.15) is 29.3 Å². The molecule has 4 N–H and O–H groups in total. The zero-order chi connectivity index (χ0) is 21.3. The highest BCUT2D eigenvalue weighted by molar-refractivity contribution is 5.76. The van der Waals surface area contributed by atoms with Crippen molar-refractivity contribution in [2.75, 3.05) is 23.8 Å². The molecular formula is C22H22N6O2. The molecule has 0 amide bonds. The molecule has 30 heavy (non-hydrogen) atoms. The van der Waals surface area contributed by atoms with Crippen LogP contribution in [0.4, 0.5) is 17.3 Å². The van der Waals surface area contributed by atoms with Gasteiger partial charge in [-0.25, -0.2) is 9.97 Å². The Kier molecular flexibility index (Phi) is 5.08. The van der Waals surface area contributed by atoms with Gasteiger partial charge < -0.3 is 20.8 Å². The van der Waals surface area contributed by atoms with Gasteiger partial charge in [0.2, 0.25) is 5.95 Å². The van der Waals surface area contributed by atoms with Crippen LogP contribution in [0.5, 0.6) is 0 Å². The van der Waals surface area contributed by atoms with Gasteiger partial charge in [-0.05, 0) is 42.3 Å². The monoisotopic (exact) mass is 402 g/mol. The Morgan fingerprint density at radius 3 is 2.83 bits per heavy atom. The molecule has 1 atom stereocenters. The van der Waals surface area contributed by atoms with E-state index in [4.69, 9.17) is 0 Å². The molecule has 0 bridgehead atoms. The van der Waals surface area contributed by atoms with Crippen LogP contribution in [-0.2, 0) is 12.0 Å². The molecule has 0 fully saturated rings. The summed E-state index contributed by atoms with van der Waals surface area (Å²) < 4.78 is 0. The van der Waals surface area contributed by atoms with Crippen molar-refractivity contribution >= 4 is 17.3 Å². The molecule has 1 aliphatic heterocycles. The zero-order valence-corrected chi connectivity index (χ0v) is 16.8. The first kappa shape index (κ1) is 19.8. The summed E-state index contributed by atoms with van der Waals surface area (Å²) in [6, 6.07) is 9.59. The summed E-state index contributed by atoms with van der Waals surface area (Å²) in [5.41, 5.74) is 5.32. The summed E-state index contributed by atoms with van der Waals surface area (Å²) in [5.74, 6) is 0.384. The van der Waals surface area contributed by atoms with Gasteiger partial charge in [0, 0.05) is 29.9 Å². The van der Waals surface area contributed by atoms with Crippen molar-refractivity contribution in [3.63, 3.8) is 0 Å². The number of aliphatic hydroxyl groups excluding tert-OH is 2. The van der Waals surface area contributed by atoms with Crippen LogP contribution in [0.3, 0.4) is 0 Å². The second-order valence-electron chi connectivity index (χ2n) is 7.66. The van der Waals surface area contributed by atoms with Crippen LogP contribution in [-0.4, -0.2) is 38.3 Å². The third kappa shape index (κ3) is 3.45. The van der Waals surface area contributed by atoms with E-state index in [0.717, 1.165) is 22.5 Å². The van der Waals surface area contributed by atoms with E-state index in [1.807, 2.05) is 19.9 Å². The van der Waals surface area contributed by atoms with Crippen molar-refractivity contribution in [1.29, 1.82) is 5.26 Å². The number of aromatic nitrogens is 3. The van der Waals surface area contributed by atoms with Crippen molar-refractivity contribution in [1.82, 2.24) is 15.0 Å². The molecular weight excluding hydrogens is 380 g/mol. The Morgan fingerprint density at radius 2 is 2.10 bits per heavy atom. The van der Waals surface area contributed by atoms with Gasteiger partial charge in [-0.3, -0.25) is 4.98 Å². The van der Waals surface area contributed by atoms with E-state index in [0.29, 0.717) is 35.0 Å². The summed E-state index contributed by atoms with van der Waals surface area (Å²) in [6.45, 7) is 4.27. The number of pyridine rings is 1. The Hall–Kier alpha value is -3.54. The Morgan fingerprint density at radius 1 is 1.27 bits per heavy atom. The average molecular weight is 402 g/mol. The maximum atomic E-state index is 9.89. The van der Waals surface area contributed by atoms with Crippen LogP contribution in [0, 0.1) is 18.3 Å². The van der Waals surface area contributed by atoms with Gasteiger partial charge in [-0.1, -0.05) is 6.92 Å².